The van der Waals surface area contributed by atoms with Crippen molar-refractivity contribution < 1.29 is 32.2 Å². The Hall–Kier alpha value is -3.31. The summed E-state index contributed by atoms with van der Waals surface area (Å²) >= 11 is 0. The highest BCUT2D eigenvalue weighted by molar-refractivity contribution is 5.81. The lowest BCUT2D eigenvalue weighted by atomic mass is 9.97. The highest BCUT2D eigenvalue weighted by atomic mass is 19.4. The summed E-state index contributed by atoms with van der Waals surface area (Å²) in [5.41, 5.74) is 0.657. The van der Waals surface area contributed by atoms with E-state index in [1.807, 2.05) is 12.1 Å². The topological polar surface area (TPSA) is 74.4 Å². The summed E-state index contributed by atoms with van der Waals surface area (Å²) in [7, 11) is 0. The molecular formula is C34H45F3N4O4. The predicted octanol–water partition coefficient (Wildman–Crippen LogP) is 6.29. The maximum atomic E-state index is 14.0. The van der Waals surface area contributed by atoms with Gasteiger partial charge in [0.2, 0.25) is 5.91 Å². The van der Waals surface area contributed by atoms with Crippen LogP contribution in [-0.4, -0.2) is 76.9 Å². The maximum Gasteiger partial charge on any atom is 0.416 e. The van der Waals surface area contributed by atoms with E-state index in [1.54, 1.807) is 34.6 Å². The third-order valence-electron chi connectivity index (χ3n) is 8.62. The van der Waals surface area contributed by atoms with Crippen molar-refractivity contribution in [2.75, 3.05) is 38.1 Å². The molecule has 1 unspecified atom stereocenters. The number of hydrogen-bond donors (Lipinski definition) is 1. The van der Waals surface area contributed by atoms with Crippen LogP contribution in [0.1, 0.15) is 69.7 Å². The Labute approximate surface area is 263 Å². The van der Waals surface area contributed by atoms with Crippen LogP contribution in [0.25, 0.3) is 0 Å². The van der Waals surface area contributed by atoms with E-state index in [1.165, 1.54) is 52.0 Å². The minimum atomic E-state index is -4.58. The first-order valence-electron chi connectivity index (χ1n) is 15.8. The molecule has 11 heteroatoms. The van der Waals surface area contributed by atoms with Gasteiger partial charge in [0.25, 0.3) is 0 Å². The Balaban J connectivity index is 1.36. The first-order chi connectivity index (χ1) is 21.1. The second kappa shape index (κ2) is 12.8. The molecule has 2 amide bonds. The van der Waals surface area contributed by atoms with Crippen LogP contribution in [0.3, 0.4) is 0 Å². The molecule has 2 heterocycles. The van der Waals surface area contributed by atoms with E-state index < -0.39 is 35.2 Å². The molecule has 1 saturated heterocycles. The van der Waals surface area contributed by atoms with Crippen LogP contribution in [0.5, 0.6) is 0 Å². The van der Waals surface area contributed by atoms with Gasteiger partial charge < -0.3 is 19.7 Å². The maximum absolute atomic E-state index is 14.0. The molecule has 1 aliphatic carbocycles. The molecule has 8 nitrogen and oxygen atoms in total. The third kappa shape index (κ3) is 8.30. The summed E-state index contributed by atoms with van der Waals surface area (Å²) in [6, 6.07) is 10.7. The Bertz CT molecular complexity index is 1390. The standard InChI is InChI=1S/C34H45F3N4O4/c1-32(2,3)45-31(43)41-26(22-44-33(41,4)5)21-40(20-25-9-6-7-11-28(25)34(35,36)37)30(42)17-38-29-12-8-10-24-19-39(16-15-27(24)29)18-23-13-14-23/h6-12,23,26,38H,13-22H2,1-5H3. The van der Waals surface area contributed by atoms with Crippen molar-refractivity contribution in [3.63, 3.8) is 0 Å². The molecule has 2 fully saturated rings. The van der Waals surface area contributed by atoms with Gasteiger partial charge in [-0.3, -0.25) is 14.6 Å². The van der Waals surface area contributed by atoms with Crippen LogP contribution in [0.15, 0.2) is 42.5 Å². The molecule has 1 atom stereocenters. The molecule has 1 saturated carbocycles. The first-order valence-corrected chi connectivity index (χ1v) is 15.8. The van der Waals surface area contributed by atoms with Crippen molar-refractivity contribution >= 4 is 17.7 Å². The molecule has 1 N–H and O–H groups in total. The molecule has 0 bridgehead atoms. The number of fused-ring (bicyclic) bond motifs is 1. The van der Waals surface area contributed by atoms with E-state index in [-0.39, 0.29) is 37.7 Å². The average Bonchev–Trinajstić information content (AvgIpc) is 3.71. The molecule has 2 aromatic rings. The molecular weight excluding hydrogens is 585 g/mol. The summed E-state index contributed by atoms with van der Waals surface area (Å²) in [5.74, 6) is 0.422. The number of nitrogens with one attached hydrogen (secondary N) is 1. The van der Waals surface area contributed by atoms with Crippen molar-refractivity contribution in [1.29, 1.82) is 0 Å². The van der Waals surface area contributed by atoms with E-state index in [9.17, 15) is 22.8 Å². The predicted molar refractivity (Wildman–Crippen MR) is 165 cm³/mol. The van der Waals surface area contributed by atoms with E-state index in [4.69, 9.17) is 9.47 Å². The van der Waals surface area contributed by atoms with Gasteiger partial charge in [-0.2, -0.15) is 13.2 Å². The zero-order chi connectivity index (χ0) is 32.6. The van der Waals surface area contributed by atoms with Gasteiger partial charge in [-0.05, 0) is 88.6 Å². The monoisotopic (exact) mass is 630 g/mol. The number of rotatable bonds is 9. The Kier molecular flexibility index (Phi) is 9.43. The van der Waals surface area contributed by atoms with Gasteiger partial charge in [0, 0.05) is 38.4 Å². The van der Waals surface area contributed by atoms with Crippen LogP contribution >= 0.6 is 0 Å². The van der Waals surface area contributed by atoms with Gasteiger partial charge in [0.05, 0.1) is 24.8 Å². The van der Waals surface area contributed by atoms with Gasteiger partial charge in [-0.15, -0.1) is 0 Å². The van der Waals surface area contributed by atoms with Crippen LogP contribution in [-0.2, 0) is 40.0 Å². The highest BCUT2D eigenvalue weighted by Crippen LogP contribution is 2.35. The number of ether oxygens (including phenoxy) is 2. The van der Waals surface area contributed by atoms with Gasteiger partial charge in [0.1, 0.15) is 11.3 Å². The number of carbonyl (C=O) groups is 2. The Morgan fingerprint density at radius 3 is 2.51 bits per heavy atom. The lowest BCUT2D eigenvalue weighted by Gasteiger charge is -2.37. The minimum Gasteiger partial charge on any atom is -0.444 e. The Morgan fingerprint density at radius 2 is 1.82 bits per heavy atom. The summed E-state index contributed by atoms with van der Waals surface area (Å²) in [6.45, 7) is 11.4. The normalized spacial score (nSPS) is 20.1. The molecule has 0 radical (unpaired) electrons. The summed E-state index contributed by atoms with van der Waals surface area (Å²) in [5, 5.41) is 3.29. The van der Waals surface area contributed by atoms with Crippen LogP contribution in [0, 0.1) is 5.92 Å². The number of hydrogen-bond acceptors (Lipinski definition) is 6. The molecule has 5 rings (SSSR count). The van der Waals surface area contributed by atoms with Crippen LogP contribution < -0.4 is 5.32 Å². The molecule has 2 aliphatic heterocycles. The zero-order valence-electron chi connectivity index (χ0n) is 26.9. The summed E-state index contributed by atoms with van der Waals surface area (Å²) in [4.78, 5) is 32.5. The quantitative estimate of drug-likeness (QED) is 0.351. The fraction of sp³-hybridized carbons (Fsp3) is 0.588. The third-order valence-corrected chi connectivity index (χ3v) is 8.62. The van der Waals surface area contributed by atoms with Crippen LogP contribution in [0.4, 0.5) is 23.7 Å². The minimum absolute atomic E-state index is 0.0202. The van der Waals surface area contributed by atoms with Gasteiger partial charge in [0.15, 0.2) is 0 Å². The van der Waals surface area contributed by atoms with Gasteiger partial charge in [-0.1, -0.05) is 30.3 Å². The van der Waals surface area contributed by atoms with E-state index >= 15 is 0 Å². The summed E-state index contributed by atoms with van der Waals surface area (Å²) < 4.78 is 53.4. The fourth-order valence-corrected chi connectivity index (χ4v) is 6.29. The van der Waals surface area contributed by atoms with Crippen molar-refractivity contribution in [2.45, 2.75) is 90.5 Å². The molecule has 45 heavy (non-hydrogen) atoms. The molecule has 246 valence electrons. The zero-order valence-corrected chi connectivity index (χ0v) is 26.9. The first kappa shape index (κ1) is 33.1. The SMILES string of the molecule is CC(C)(C)OC(=O)N1C(CN(Cc2ccccc2C(F)(F)F)C(=O)CNc2cccc3c2CCN(CC2CC2)C3)COC1(C)C. The number of halogens is 3. The number of anilines is 1. The second-order valence-electron chi connectivity index (χ2n) is 13.9. The van der Waals surface area contributed by atoms with E-state index in [0.29, 0.717) is 0 Å². The van der Waals surface area contributed by atoms with Gasteiger partial charge >= 0.3 is 12.3 Å². The van der Waals surface area contributed by atoms with E-state index in [2.05, 4.69) is 16.3 Å². The molecule has 0 aromatic heterocycles. The van der Waals surface area contributed by atoms with Crippen LogP contribution in [0.2, 0.25) is 0 Å². The van der Waals surface area contributed by atoms with Crippen molar-refractivity contribution in [1.82, 2.24) is 14.7 Å². The second-order valence-corrected chi connectivity index (χ2v) is 13.9. The number of nitrogens with zero attached hydrogens (tertiary/aromatic N) is 3. The van der Waals surface area contributed by atoms with Gasteiger partial charge in [-0.25, -0.2) is 4.79 Å². The number of benzene rings is 2. The number of alkyl halides is 3. The summed E-state index contributed by atoms with van der Waals surface area (Å²) in [6.07, 6.45) is -1.72. The molecule has 3 aliphatic rings. The fourth-order valence-electron chi connectivity index (χ4n) is 6.29. The lowest BCUT2D eigenvalue weighted by molar-refractivity contribution is -0.139. The number of carbonyl (C=O) groups excluding carboxylic acids is 2. The lowest BCUT2D eigenvalue weighted by Crippen LogP contribution is -2.53. The average molecular weight is 631 g/mol. The Morgan fingerprint density at radius 1 is 1.09 bits per heavy atom. The van der Waals surface area contributed by atoms with Crippen molar-refractivity contribution in [3.8, 4) is 0 Å². The molecule has 2 aromatic carbocycles. The number of amides is 2. The van der Waals surface area contributed by atoms with Crippen molar-refractivity contribution in [2.24, 2.45) is 5.92 Å². The highest BCUT2D eigenvalue weighted by Gasteiger charge is 2.47. The molecule has 0 spiro atoms. The van der Waals surface area contributed by atoms with E-state index in [0.717, 1.165) is 43.7 Å². The largest absolute Gasteiger partial charge is 0.444 e. The smallest absolute Gasteiger partial charge is 0.416 e. The van der Waals surface area contributed by atoms with Crippen molar-refractivity contribution in [3.05, 3.63) is 64.7 Å².